The first-order valence-corrected chi connectivity index (χ1v) is 4.77. The number of hydrogen-bond acceptors (Lipinski definition) is 3. The van der Waals surface area contributed by atoms with Gasteiger partial charge in [0, 0.05) is 12.3 Å². The molecule has 0 saturated carbocycles. The van der Waals surface area contributed by atoms with E-state index in [0.717, 1.165) is 0 Å². The van der Waals surface area contributed by atoms with Crippen molar-refractivity contribution in [3.05, 3.63) is 46.8 Å². The first-order chi connectivity index (χ1) is 6.16. The van der Waals surface area contributed by atoms with Gasteiger partial charge in [-0.1, -0.05) is 28.7 Å². The Kier molecular flexibility index (Phi) is 3.35. The minimum atomic E-state index is -0.433. The highest BCUT2D eigenvalue weighted by Gasteiger charge is 2.18. The molecule has 0 aromatic carbocycles. The largest absolute Gasteiger partial charge is 0.292 e. The van der Waals surface area contributed by atoms with E-state index in [2.05, 4.69) is 11.6 Å². The maximum Gasteiger partial charge on any atom is 0.292 e. The lowest BCUT2D eigenvalue weighted by molar-refractivity contribution is -0.385. The quantitative estimate of drug-likeness (QED) is 0.283. The summed E-state index contributed by atoms with van der Waals surface area (Å²) >= 11 is 2.05. The maximum absolute atomic E-state index is 10.6. The van der Waals surface area contributed by atoms with E-state index in [0.29, 0.717) is 5.69 Å². The number of nitrogens with zero attached hydrogens (tertiary/aromatic N) is 2. The Morgan fingerprint density at radius 3 is 3.00 bits per heavy atom. The molecular formula is C8H7IN2O2. The molecule has 4 nitrogen and oxygen atoms in total. The molecule has 0 radical (unpaired) electrons. The molecule has 0 aliphatic rings. The molecule has 1 unspecified atom stereocenters. The summed E-state index contributed by atoms with van der Waals surface area (Å²) in [5.74, 6) is 0. The summed E-state index contributed by atoms with van der Waals surface area (Å²) in [5, 5.41) is 10.6. The molecule has 5 heteroatoms. The molecule has 1 rings (SSSR count). The molecule has 0 aliphatic carbocycles. The summed E-state index contributed by atoms with van der Waals surface area (Å²) in [5.41, 5.74) is 0.491. The first kappa shape index (κ1) is 10.1. The Morgan fingerprint density at radius 2 is 2.46 bits per heavy atom. The van der Waals surface area contributed by atoms with Gasteiger partial charge in [-0.05, 0) is 6.07 Å². The van der Waals surface area contributed by atoms with E-state index in [1.165, 1.54) is 12.3 Å². The molecule has 0 bridgehead atoms. The Bertz CT molecular complexity index is 341. The predicted octanol–water partition coefficient (Wildman–Crippen LogP) is 2.65. The fourth-order valence-electron chi connectivity index (χ4n) is 0.888. The van der Waals surface area contributed by atoms with Crippen LogP contribution in [0.15, 0.2) is 31.0 Å². The zero-order chi connectivity index (χ0) is 9.84. The number of alkyl halides is 1. The van der Waals surface area contributed by atoms with E-state index in [9.17, 15) is 10.1 Å². The van der Waals surface area contributed by atoms with Gasteiger partial charge >= 0.3 is 0 Å². The highest BCUT2D eigenvalue weighted by atomic mass is 127. The van der Waals surface area contributed by atoms with E-state index in [-0.39, 0.29) is 9.61 Å². The normalized spacial score (nSPS) is 12.1. The molecule has 0 amide bonds. The number of rotatable bonds is 3. The van der Waals surface area contributed by atoms with Gasteiger partial charge in [0.1, 0.15) is 5.69 Å². The van der Waals surface area contributed by atoms with Crippen LogP contribution in [-0.4, -0.2) is 9.91 Å². The van der Waals surface area contributed by atoms with Gasteiger partial charge in [-0.3, -0.25) is 15.1 Å². The van der Waals surface area contributed by atoms with E-state index in [1.54, 1.807) is 12.1 Å². The van der Waals surface area contributed by atoms with Gasteiger partial charge in [0.15, 0.2) is 0 Å². The van der Waals surface area contributed by atoms with Crippen LogP contribution in [0.1, 0.15) is 9.62 Å². The standard InChI is InChI=1S/C8H7IN2O2/c1-2-6(9)8-7(11(12)13)4-3-5-10-8/h2-6H,1H2. The number of nitro groups is 1. The number of allylic oxidation sites excluding steroid dienone is 1. The van der Waals surface area contributed by atoms with Gasteiger partial charge in [-0.15, -0.1) is 6.58 Å². The van der Waals surface area contributed by atoms with Crippen LogP contribution >= 0.6 is 22.6 Å². The summed E-state index contributed by atoms with van der Waals surface area (Å²) in [4.78, 5) is 14.1. The van der Waals surface area contributed by atoms with Crippen molar-refractivity contribution in [3.63, 3.8) is 0 Å². The van der Waals surface area contributed by atoms with Crippen LogP contribution in [0.2, 0.25) is 0 Å². The molecule has 1 aromatic rings. The molecule has 68 valence electrons. The average Bonchev–Trinajstić information content (AvgIpc) is 2.16. The van der Waals surface area contributed by atoms with Crippen molar-refractivity contribution in [2.45, 2.75) is 3.92 Å². The zero-order valence-corrected chi connectivity index (χ0v) is 8.84. The molecule has 0 saturated heterocycles. The summed E-state index contributed by atoms with van der Waals surface area (Å²) in [6.07, 6.45) is 3.16. The summed E-state index contributed by atoms with van der Waals surface area (Å²) in [6.45, 7) is 3.57. The Labute approximate surface area is 89.0 Å². The summed E-state index contributed by atoms with van der Waals surface area (Å²) in [6, 6.07) is 2.99. The van der Waals surface area contributed by atoms with Crippen LogP contribution in [0.25, 0.3) is 0 Å². The van der Waals surface area contributed by atoms with Crippen molar-refractivity contribution in [1.29, 1.82) is 0 Å². The van der Waals surface area contributed by atoms with Crippen LogP contribution in [0.3, 0.4) is 0 Å². The number of halogens is 1. The molecule has 0 fully saturated rings. The number of aromatic nitrogens is 1. The molecule has 1 aromatic heterocycles. The smallest absolute Gasteiger partial charge is 0.258 e. The minimum Gasteiger partial charge on any atom is -0.258 e. The zero-order valence-electron chi connectivity index (χ0n) is 6.68. The van der Waals surface area contributed by atoms with Crippen LogP contribution in [0.5, 0.6) is 0 Å². The van der Waals surface area contributed by atoms with Crippen molar-refractivity contribution in [2.24, 2.45) is 0 Å². The fourth-order valence-corrected chi connectivity index (χ4v) is 1.37. The SMILES string of the molecule is C=CC(I)c1ncccc1[N+](=O)[O-]. The molecule has 13 heavy (non-hydrogen) atoms. The third-order valence-electron chi connectivity index (χ3n) is 1.48. The number of hydrogen-bond donors (Lipinski definition) is 0. The maximum atomic E-state index is 10.6. The molecule has 1 atom stereocenters. The van der Waals surface area contributed by atoms with E-state index in [1.807, 2.05) is 22.6 Å². The molecule has 0 spiro atoms. The number of pyridine rings is 1. The second-order valence-electron chi connectivity index (χ2n) is 2.30. The predicted molar refractivity (Wildman–Crippen MR) is 57.8 cm³/mol. The monoisotopic (exact) mass is 290 g/mol. The Morgan fingerprint density at radius 1 is 1.77 bits per heavy atom. The molecule has 0 aliphatic heterocycles. The third kappa shape index (κ3) is 2.24. The van der Waals surface area contributed by atoms with Crippen LogP contribution in [0, 0.1) is 10.1 Å². The van der Waals surface area contributed by atoms with Gasteiger partial charge in [-0.25, -0.2) is 0 Å². The van der Waals surface area contributed by atoms with Gasteiger partial charge in [-0.2, -0.15) is 0 Å². The van der Waals surface area contributed by atoms with Crippen molar-refractivity contribution < 1.29 is 4.92 Å². The lowest BCUT2D eigenvalue weighted by atomic mass is 10.2. The van der Waals surface area contributed by atoms with Gasteiger partial charge < -0.3 is 0 Å². The van der Waals surface area contributed by atoms with Gasteiger partial charge in [0.25, 0.3) is 5.69 Å². The van der Waals surface area contributed by atoms with Crippen LogP contribution in [0.4, 0.5) is 5.69 Å². The van der Waals surface area contributed by atoms with Gasteiger partial charge in [0.2, 0.25) is 0 Å². The summed E-state index contributed by atoms with van der Waals surface area (Å²) in [7, 11) is 0. The van der Waals surface area contributed by atoms with Crippen molar-refractivity contribution in [3.8, 4) is 0 Å². The molecular weight excluding hydrogens is 283 g/mol. The Balaban J connectivity index is 3.19. The third-order valence-corrected chi connectivity index (χ3v) is 2.58. The second kappa shape index (κ2) is 4.31. The first-order valence-electron chi connectivity index (χ1n) is 3.52. The minimum absolute atomic E-state index is 0.0433. The topological polar surface area (TPSA) is 56.0 Å². The van der Waals surface area contributed by atoms with E-state index >= 15 is 0 Å². The lowest BCUT2D eigenvalue weighted by Crippen LogP contribution is -1.98. The summed E-state index contributed by atoms with van der Waals surface area (Å²) < 4.78 is -0.126. The molecule has 1 heterocycles. The van der Waals surface area contributed by atoms with Crippen LogP contribution in [-0.2, 0) is 0 Å². The average molecular weight is 290 g/mol. The van der Waals surface area contributed by atoms with Crippen molar-refractivity contribution >= 4 is 28.3 Å². The highest BCUT2D eigenvalue weighted by Crippen LogP contribution is 2.29. The van der Waals surface area contributed by atoms with Crippen molar-refractivity contribution in [2.75, 3.05) is 0 Å². The highest BCUT2D eigenvalue weighted by molar-refractivity contribution is 14.1. The lowest BCUT2D eigenvalue weighted by Gasteiger charge is -2.02. The fraction of sp³-hybridized carbons (Fsp3) is 0.125. The van der Waals surface area contributed by atoms with Crippen molar-refractivity contribution in [1.82, 2.24) is 4.98 Å². The van der Waals surface area contributed by atoms with Gasteiger partial charge in [0.05, 0.1) is 8.85 Å². The molecule has 0 N–H and O–H groups in total. The Hall–Kier alpha value is -0.980. The van der Waals surface area contributed by atoms with Crippen LogP contribution < -0.4 is 0 Å². The van der Waals surface area contributed by atoms with E-state index in [4.69, 9.17) is 0 Å². The van der Waals surface area contributed by atoms with E-state index < -0.39 is 4.92 Å². The second-order valence-corrected chi connectivity index (χ2v) is 3.64.